The molecule has 178 valence electrons. The molecule has 1 heteroatoms. The van der Waals surface area contributed by atoms with E-state index in [9.17, 15) is 0 Å². The van der Waals surface area contributed by atoms with Gasteiger partial charge in [-0.2, -0.15) is 0 Å². The van der Waals surface area contributed by atoms with Crippen LogP contribution in [0.2, 0.25) is 0 Å². The second kappa shape index (κ2) is 17.1. The molecule has 0 saturated carbocycles. The number of anilines is 1. The van der Waals surface area contributed by atoms with E-state index in [1.807, 2.05) is 12.1 Å². The number of unbranched alkanes of at least 4 members (excludes halogenated alkanes) is 10. The minimum absolute atomic E-state index is 0.923. The van der Waals surface area contributed by atoms with Crippen LogP contribution in [0, 0.1) is 12.3 Å². The lowest BCUT2D eigenvalue weighted by molar-refractivity contribution is 0.575. The lowest BCUT2D eigenvalue weighted by atomic mass is 10.1. The van der Waals surface area contributed by atoms with Crippen molar-refractivity contribution in [2.75, 3.05) is 18.0 Å². The Morgan fingerprint density at radius 2 is 1.03 bits per heavy atom. The van der Waals surface area contributed by atoms with Crippen LogP contribution >= 0.6 is 0 Å². The smallest absolute Gasteiger partial charge is 0.0366 e. The van der Waals surface area contributed by atoms with Crippen molar-refractivity contribution in [1.29, 1.82) is 0 Å². The summed E-state index contributed by atoms with van der Waals surface area (Å²) in [6.07, 6.45) is 26.0. The molecule has 0 bridgehead atoms. The predicted molar refractivity (Wildman–Crippen MR) is 149 cm³/mol. The molecule has 0 radical (unpaired) electrons. The number of hydrogen-bond acceptors (Lipinski definition) is 1. The average Bonchev–Trinajstić information content (AvgIpc) is 2.86. The molecule has 0 saturated heterocycles. The Hall–Kier alpha value is -2.46. The van der Waals surface area contributed by atoms with Crippen LogP contribution in [0.25, 0.3) is 12.2 Å². The van der Waals surface area contributed by atoms with Gasteiger partial charge in [0.1, 0.15) is 0 Å². The minimum atomic E-state index is 0.923. The zero-order valence-electron chi connectivity index (χ0n) is 21.2. The van der Waals surface area contributed by atoms with Crippen molar-refractivity contribution in [2.45, 2.75) is 90.9 Å². The van der Waals surface area contributed by atoms with Gasteiger partial charge >= 0.3 is 0 Å². The van der Waals surface area contributed by atoms with Crippen LogP contribution in [0.4, 0.5) is 5.69 Å². The van der Waals surface area contributed by atoms with Gasteiger partial charge in [-0.1, -0.05) is 120 Å². The third-order valence-corrected chi connectivity index (χ3v) is 6.37. The third kappa shape index (κ3) is 11.3. The summed E-state index contributed by atoms with van der Waals surface area (Å²) in [6, 6.07) is 17.2. The summed E-state index contributed by atoms with van der Waals surface area (Å²) in [7, 11) is 0. The van der Waals surface area contributed by atoms with Gasteiger partial charge in [-0.15, -0.1) is 6.42 Å². The Morgan fingerprint density at radius 1 is 0.606 bits per heavy atom. The molecule has 0 spiro atoms. The summed E-state index contributed by atoms with van der Waals surface area (Å²) in [4.78, 5) is 2.62. The molecule has 2 aromatic rings. The number of hydrogen-bond donors (Lipinski definition) is 0. The van der Waals surface area contributed by atoms with E-state index >= 15 is 0 Å². The van der Waals surface area contributed by atoms with Crippen molar-refractivity contribution in [1.82, 2.24) is 0 Å². The van der Waals surface area contributed by atoms with Crippen molar-refractivity contribution in [3.05, 3.63) is 65.2 Å². The molecule has 33 heavy (non-hydrogen) atoms. The third-order valence-electron chi connectivity index (χ3n) is 6.37. The molecule has 0 aliphatic rings. The second-order valence-corrected chi connectivity index (χ2v) is 9.21. The molecule has 0 amide bonds. The first-order chi connectivity index (χ1) is 16.3. The first-order valence-electron chi connectivity index (χ1n) is 13.4. The van der Waals surface area contributed by atoms with Crippen LogP contribution in [-0.4, -0.2) is 13.1 Å². The molecular weight excluding hydrogens is 398 g/mol. The second-order valence-electron chi connectivity index (χ2n) is 9.21. The zero-order valence-corrected chi connectivity index (χ0v) is 21.2. The lowest BCUT2D eigenvalue weighted by Gasteiger charge is -2.25. The summed E-state index contributed by atoms with van der Waals surface area (Å²) in [5, 5.41) is 0. The topological polar surface area (TPSA) is 3.24 Å². The van der Waals surface area contributed by atoms with Crippen LogP contribution in [0.1, 0.15) is 108 Å². The lowest BCUT2D eigenvalue weighted by Crippen LogP contribution is -2.25. The van der Waals surface area contributed by atoms with Crippen molar-refractivity contribution in [3.8, 4) is 12.3 Å². The average molecular weight is 444 g/mol. The van der Waals surface area contributed by atoms with E-state index in [0.29, 0.717) is 0 Å². The Morgan fingerprint density at radius 3 is 1.48 bits per heavy atom. The van der Waals surface area contributed by atoms with Gasteiger partial charge in [0, 0.05) is 24.3 Å². The summed E-state index contributed by atoms with van der Waals surface area (Å²) in [5.41, 5.74) is 4.70. The van der Waals surface area contributed by atoms with Gasteiger partial charge in [0.25, 0.3) is 0 Å². The largest absolute Gasteiger partial charge is 0.372 e. The first-order valence-corrected chi connectivity index (χ1v) is 13.4. The number of benzene rings is 2. The van der Waals surface area contributed by atoms with E-state index in [1.54, 1.807) is 0 Å². The SMILES string of the molecule is C#Cc1ccc(C=Cc2ccc(N(CCCCCCCC)CCCCCCCC)cc2)cc1. The highest BCUT2D eigenvalue weighted by atomic mass is 15.1. The van der Waals surface area contributed by atoms with E-state index in [0.717, 1.165) is 5.56 Å². The first kappa shape index (κ1) is 26.8. The van der Waals surface area contributed by atoms with E-state index in [4.69, 9.17) is 6.42 Å². The van der Waals surface area contributed by atoms with Crippen LogP contribution in [0.3, 0.4) is 0 Å². The Kier molecular flexibility index (Phi) is 13.9. The van der Waals surface area contributed by atoms with Crippen molar-refractivity contribution < 1.29 is 0 Å². The highest BCUT2D eigenvalue weighted by Crippen LogP contribution is 2.20. The molecule has 1 nitrogen and oxygen atoms in total. The molecule has 0 heterocycles. The van der Waals surface area contributed by atoms with Crippen molar-refractivity contribution in [2.24, 2.45) is 0 Å². The standard InChI is InChI=1S/C32H45N/c1-4-7-9-11-13-15-27-33(28-16-14-12-10-8-5-2)32-25-23-31(24-26-32)22-21-30-19-17-29(6-3)18-20-30/h3,17-26H,4-5,7-16,27-28H2,1-2H3. The monoisotopic (exact) mass is 443 g/mol. The maximum Gasteiger partial charge on any atom is 0.0366 e. The van der Waals surface area contributed by atoms with Gasteiger partial charge in [-0.3, -0.25) is 0 Å². The van der Waals surface area contributed by atoms with Gasteiger partial charge in [-0.05, 0) is 48.2 Å². The number of terminal acetylenes is 1. The molecule has 2 aromatic carbocycles. The fraction of sp³-hybridized carbons (Fsp3) is 0.500. The Bertz CT molecular complexity index is 791. The molecule has 0 atom stereocenters. The summed E-state index contributed by atoms with van der Waals surface area (Å²) in [6.45, 7) is 6.93. The Labute approximate surface area is 204 Å². The van der Waals surface area contributed by atoms with E-state index in [2.05, 4.69) is 73.2 Å². The van der Waals surface area contributed by atoms with Crippen LogP contribution in [0.5, 0.6) is 0 Å². The summed E-state index contributed by atoms with van der Waals surface area (Å²) >= 11 is 0. The van der Waals surface area contributed by atoms with Gasteiger partial charge < -0.3 is 4.90 Å². The number of nitrogens with zero attached hydrogens (tertiary/aromatic N) is 1. The van der Waals surface area contributed by atoms with E-state index < -0.39 is 0 Å². The van der Waals surface area contributed by atoms with Crippen LogP contribution < -0.4 is 4.90 Å². The molecule has 0 aliphatic heterocycles. The van der Waals surface area contributed by atoms with Gasteiger partial charge in [0.05, 0.1) is 0 Å². The van der Waals surface area contributed by atoms with E-state index in [1.165, 1.54) is 107 Å². The quantitative estimate of drug-likeness (QED) is 0.134. The van der Waals surface area contributed by atoms with Gasteiger partial charge in [0.2, 0.25) is 0 Å². The molecule has 0 fully saturated rings. The highest BCUT2D eigenvalue weighted by Gasteiger charge is 2.06. The fourth-order valence-electron chi connectivity index (χ4n) is 4.22. The van der Waals surface area contributed by atoms with Crippen LogP contribution in [-0.2, 0) is 0 Å². The molecule has 0 aliphatic carbocycles. The molecule has 2 rings (SSSR count). The molecule has 0 N–H and O–H groups in total. The van der Waals surface area contributed by atoms with Gasteiger partial charge in [-0.25, -0.2) is 0 Å². The normalized spacial score (nSPS) is 11.1. The summed E-state index contributed by atoms with van der Waals surface area (Å²) in [5.74, 6) is 2.67. The van der Waals surface area contributed by atoms with Gasteiger partial charge in [0.15, 0.2) is 0 Å². The highest BCUT2D eigenvalue weighted by molar-refractivity contribution is 5.70. The Balaban J connectivity index is 1.91. The number of rotatable bonds is 17. The van der Waals surface area contributed by atoms with Crippen LogP contribution in [0.15, 0.2) is 48.5 Å². The molecule has 0 aromatic heterocycles. The molecular formula is C32H45N. The summed E-state index contributed by atoms with van der Waals surface area (Å²) < 4.78 is 0. The maximum atomic E-state index is 5.45. The van der Waals surface area contributed by atoms with Crippen molar-refractivity contribution in [3.63, 3.8) is 0 Å². The predicted octanol–water partition coefficient (Wildman–Crippen LogP) is 9.37. The molecule has 0 unspecified atom stereocenters. The van der Waals surface area contributed by atoms with E-state index in [-0.39, 0.29) is 0 Å². The van der Waals surface area contributed by atoms with Crippen molar-refractivity contribution >= 4 is 17.8 Å². The minimum Gasteiger partial charge on any atom is -0.372 e. The zero-order chi connectivity index (χ0) is 23.6. The fourth-order valence-corrected chi connectivity index (χ4v) is 4.22. The maximum absolute atomic E-state index is 5.45.